The zero-order valence-electron chi connectivity index (χ0n) is 16.3. The summed E-state index contributed by atoms with van der Waals surface area (Å²) in [5, 5.41) is 0. The van der Waals surface area contributed by atoms with Crippen molar-refractivity contribution in [2.45, 2.75) is 76.4 Å². The normalized spacial score (nSPS) is 48.3. The van der Waals surface area contributed by atoms with E-state index in [1.807, 2.05) is 13.0 Å². The molecule has 0 spiro atoms. The zero-order chi connectivity index (χ0) is 19.6. The molecule has 5 heteroatoms. The van der Waals surface area contributed by atoms with Crippen LogP contribution in [0.4, 0.5) is 4.39 Å². The first-order chi connectivity index (χ1) is 12.7. The monoisotopic (exact) mass is 394 g/mol. The number of ketones is 1. The molecular weight excluding hydrogens is 367 g/mol. The fourth-order valence-electron chi connectivity index (χ4n) is 6.53. The predicted molar refractivity (Wildman–Crippen MR) is 102 cm³/mol. The molecule has 4 rings (SSSR count). The Morgan fingerprint density at radius 3 is 2.74 bits per heavy atom. The Bertz CT molecular complexity index is 746. The Morgan fingerprint density at radius 2 is 2.04 bits per heavy atom. The van der Waals surface area contributed by atoms with E-state index in [1.54, 1.807) is 13.0 Å². The highest BCUT2D eigenvalue weighted by Gasteiger charge is 2.70. The number of allylic oxidation sites excluding steroid dienone is 4. The van der Waals surface area contributed by atoms with Crippen LogP contribution in [0, 0.1) is 22.7 Å². The quantitative estimate of drug-likeness (QED) is 0.493. The summed E-state index contributed by atoms with van der Waals surface area (Å²) in [4.78, 5) is 22.7. The number of fused-ring (bicyclic) bond motifs is 5. The maximum atomic E-state index is 15.9. The lowest BCUT2D eigenvalue weighted by molar-refractivity contribution is -0.161. The standard InChI is InChI=1S/C22H28ClFO3/c1-4-19(26)27-18-8-7-15-16-6-5-13-11-14(25)9-10-21(13,3)22(16,23)17(24)12-20(15,18)2/h9-11,15-18H,4-8,12H2,1-3H3/t15-,16-,17-,18+,20-,21-,22-/m0/s1. The van der Waals surface area contributed by atoms with Gasteiger partial charge in [-0.2, -0.15) is 0 Å². The number of hydrogen-bond donors (Lipinski definition) is 0. The number of carbonyl (C=O) groups excluding carboxylic acids is 2. The molecule has 4 aliphatic rings. The van der Waals surface area contributed by atoms with Crippen LogP contribution in [0.2, 0.25) is 0 Å². The third-order valence-corrected chi connectivity index (χ3v) is 8.98. The highest BCUT2D eigenvalue weighted by molar-refractivity contribution is 6.26. The molecule has 3 saturated carbocycles. The minimum atomic E-state index is -1.22. The Morgan fingerprint density at radius 1 is 1.30 bits per heavy atom. The van der Waals surface area contributed by atoms with Gasteiger partial charge in [-0.25, -0.2) is 4.39 Å². The predicted octanol–water partition coefficient (Wildman–Crippen LogP) is 4.93. The van der Waals surface area contributed by atoms with E-state index >= 15 is 4.39 Å². The van der Waals surface area contributed by atoms with Crippen molar-refractivity contribution < 1.29 is 18.7 Å². The summed E-state index contributed by atoms with van der Waals surface area (Å²) in [7, 11) is 0. The fourth-order valence-corrected chi connectivity index (χ4v) is 7.05. The van der Waals surface area contributed by atoms with Crippen molar-refractivity contribution in [1.29, 1.82) is 0 Å². The summed E-state index contributed by atoms with van der Waals surface area (Å²) in [5.74, 6) is -0.0292. The number of rotatable bonds is 2. The zero-order valence-corrected chi connectivity index (χ0v) is 17.0. The molecule has 3 nitrogen and oxygen atoms in total. The first-order valence-electron chi connectivity index (χ1n) is 10.1. The van der Waals surface area contributed by atoms with Crippen molar-refractivity contribution in [2.24, 2.45) is 22.7 Å². The highest BCUT2D eigenvalue weighted by atomic mass is 35.5. The number of alkyl halides is 2. The van der Waals surface area contributed by atoms with Crippen molar-refractivity contribution in [3.05, 3.63) is 23.8 Å². The van der Waals surface area contributed by atoms with E-state index in [-0.39, 0.29) is 35.1 Å². The average molecular weight is 395 g/mol. The molecule has 27 heavy (non-hydrogen) atoms. The van der Waals surface area contributed by atoms with Gasteiger partial charge < -0.3 is 4.74 Å². The summed E-state index contributed by atoms with van der Waals surface area (Å²) >= 11 is 7.21. The molecule has 0 radical (unpaired) electrons. The molecule has 0 bridgehead atoms. The summed E-state index contributed by atoms with van der Waals surface area (Å²) in [6.45, 7) is 5.85. The summed E-state index contributed by atoms with van der Waals surface area (Å²) < 4.78 is 21.6. The van der Waals surface area contributed by atoms with Gasteiger partial charge in [-0.15, -0.1) is 11.6 Å². The molecule has 7 atom stereocenters. The molecule has 0 amide bonds. The second kappa shape index (κ2) is 6.17. The second-order valence-electron chi connectivity index (χ2n) is 9.21. The SMILES string of the molecule is CCC(=O)O[C@@H]1CC[C@H]2[C@@H]3CCC4=CC(=O)C=C[C@]4(C)[C@@]3(Cl)[C@@H](F)C[C@]12C. The van der Waals surface area contributed by atoms with E-state index in [4.69, 9.17) is 16.3 Å². The van der Waals surface area contributed by atoms with Gasteiger partial charge in [0.15, 0.2) is 5.78 Å². The first kappa shape index (κ1) is 19.2. The Hall–Kier alpha value is -1.16. The van der Waals surface area contributed by atoms with E-state index in [9.17, 15) is 9.59 Å². The lowest BCUT2D eigenvalue weighted by atomic mass is 9.47. The molecule has 0 aromatic rings. The summed E-state index contributed by atoms with van der Waals surface area (Å²) in [5.41, 5.74) is -0.0666. The van der Waals surface area contributed by atoms with E-state index in [0.717, 1.165) is 31.3 Å². The van der Waals surface area contributed by atoms with E-state index < -0.39 is 16.5 Å². The lowest BCUT2D eigenvalue weighted by Crippen LogP contribution is -2.65. The van der Waals surface area contributed by atoms with Crippen LogP contribution in [-0.4, -0.2) is 28.9 Å². The van der Waals surface area contributed by atoms with Crippen LogP contribution in [0.3, 0.4) is 0 Å². The van der Waals surface area contributed by atoms with Crippen LogP contribution >= 0.6 is 11.6 Å². The van der Waals surface area contributed by atoms with Gasteiger partial charge in [0.25, 0.3) is 0 Å². The second-order valence-corrected chi connectivity index (χ2v) is 9.84. The topological polar surface area (TPSA) is 43.4 Å². The van der Waals surface area contributed by atoms with Crippen LogP contribution in [0.15, 0.2) is 23.8 Å². The molecule has 4 aliphatic carbocycles. The summed E-state index contributed by atoms with van der Waals surface area (Å²) in [6, 6.07) is 0. The number of esters is 1. The van der Waals surface area contributed by atoms with Crippen LogP contribution in [0.1, 0.15) is 59.3 Å². The number of carbonyl (C=O) groups is 2. The minimum absolute atomic E-state index is 0.00162. The largest absolute Gasteiger partial charge is 0.462 e. The molecule has 0 heterocycles. The lowest BCUT2D eigenvalue weighted by Gasteiger charge is -2.62. The fraction of sp³-hybridized carbons (Fsp3) is 0.727. The average Bonchev–Trinajstić information content (AvgIpc) is 2.93. The molecule has 0 saturated heterocycles. The Labute approximate surface area is 165 Å². The van der Waals surface area contributed by atoms with Crippen molar-refractivity contribution >= 4 is 23.4 Å². The van der Waals surface area contributed by atoms with Gasteiger partial charge in [0.05, 0.1) is 4.87 Å². The van der Waals surface area contributed by atoms with Gasteiger partial charge in [-0.05, 0) is 56.1 Å². The van der Waals surface area contributed by atoms with E-state index in [0.29, 0.717) is 12.8 Å². The van der Waals surface area contributed by atoms with Gasteiger partial charge in [-0.3, -0.25) is 9.59 Å². The van der Waals surface area contributed by atoms with Crippen LogP contribution in [0.25, 0.3) is 0 Å². The van der Waals surface area contributed by atoms with Gasteiger partial charge >= 0.3 is 5.97 Å². The van der Waals surface area contributed by atoms with E-state index in [1.165, 1.54) is 6.08 Å². The molecular formula is C22H28ClFO3. The molecule has 3 fully saturated rings. The van der Waals surface area contributed by atoms with Crippen LogP contribution in [-0.2, 0) is 14.3 Å². The Kier molecular flexibility index (Phi) is 4.38. The maximum Gasteiger partial charge on any atom is 0.305 e. The van der Waals surface area contributed by atoms with Crippen molar-refractivity contribution in [3.8, 4) is 0 Å². The number of hydrogen-bond acceptors (Lipinski definition) is 3. The third-order valence-electron chi connectivity index (χ3n) is 8.07. The smallest absolute Gasteiger partial charge is 0.305 e. The van der Waals surface area contributed by atoms with Crippen molar-refractivity contribution in [3.63, 3.8) is 0 Å². The minimum Gasteiger partial charge on any atom is -0.462 e. The summed E-state index contributed by atoms with van der Waals surface area (Å²) in [6.07, 6.45) is 7.43. The van der Waals surface area contributed by atoms with Gasteiger partial charge in [0.1, 0.15) is 12.3 Å². The molecule has 0 unspecified atom stereocenters. The number of halogens is 2. The van der Waals surface area contributed by atoms with Crippen LogP contribution < -0.4 is 0 Å². The molecule has 0 aliphatic heterocycles. The molecule has 0 aromatic carbocycles. The molecule has 0 aromatic heterocycles. The van der Waals surface area contributed by atoms with Crippen molar-refractivity contribution in [1.82, 2.24) is 0 Å². The Balaban J connectivity index is 1.72. The maximum absolute atomic E-state index is 15.9. The van der Waals surface area contributed by atoms with Gasteiger partial charge in [0, 0.05) is 17.3 Å². The van der Waals surface area contributed by atoms with Gasteiger partial charge in [-0.1, -0.05) is 32.4 Å². The van der Waals surface area contributed by atoms with Crippen molar-refractivity contribution in [2.75, 3.05) is 0 Å². The number of ether oxygens (including phenoxy) is 1. The van der Waals surface area contributed by atoms with Gasteiger partial charge in [0.2, 0.25) is 0 Å². The molecule has 0 N–H and O–H groups in total. The van der Waals surface area contributed by atoms with Crippen LogP contribution in [0.5, 0.6) is 0 Å². The molecule has 148 valence electrons. The first-order valence-corrected chi connectivity index (χ1v) is 10.5. The third kappa shape index (κ3) is 2.44. The highest BCUT2D eigenvalue weighted by Crippen LogP contribution is 2.69. The van der Waals surface area contributed by atoms with E-state index in [2.05, 4.69) is 6.92 Å².